The van der Waals surface area contributed by atoms with Gasteiger partial charge in [-0.15, -0.1) is 0 Å². The van der Waals surface area contributed by atoms with E-state index in [1.807, 2.05) is 14.1 Å². The van der Waals surface area contributed by atoms with Gasteiger partial charge in [0.05, 0.1) is 13.2 Å². The van der Waals surface area contributed by atoms with Crippen LogP contribution in [0, 0.1) is 6.92 Å². The number of benzene rings is 1. The molecule has 1 saturated heterocycles. The Hall–Kier alpha value is -1.55. The van der Waals surface area contributed by atoms with Crippen molar-refractivity contribution in [2.75, 3.05) is 40.3 Å². The van der Waals surface area contributed by atoms with E-state index in [0.717, 1.165) is 32.2 Å². The summed E-state index contributed by atoms with van der Waals surface area (Å²) in [5.41, 5.74) is 2.57. The van der Waals surface area contributed by atoms with Crippen molar-refractivity contribution in [3.05, 3.63) is 35.4 Å². The second kappa shape index (κ2) is 6.75. The second-order valence-electron chi connectivity index (χ2n) is 5.33. The smallest absolute Gasteiger partial charge is 0.196 e. The Morgan fingerprint density at radius 1 is 1.40 bits per heavy atom. The molecular weight excluding hydrogens is 250 g/mol. The van der Waals surface area contributed by atoms with Crippen molar-refractivity contribution in [2.24, 2.45) is 4.99 Å². The zero-order valence-electron chi connectivity index (χ0n) is 13.0. The first-order valence-corrected chi connectivity index (χ1v) is 7.27. The van der Waals surface area contributed by atoms with Crippen molar-refractivity contribution in [2.45, 2.75) is 20.0 Å². The predicted octanol–water partition coefficient (Wildman–Crippen LogP) is 2.31. The van der Waals surface area contributed by atoms with Gasteiger partial charge >= 0.3 is 0 Å². The lowest BCUT2D eigenvalue weighted by Gasteiger charge is -2.37. The summed E-state index contributed by atoms with van der Waals surface area (Å²) in [5.74, 6) is 1.05. The maximum Gasteiger partial charge on any atom is 0.196 e. The molecule has 0 aliphatic carbocycles. The van der Waals surface area contributed by atoms with Crippen LogP contribution in [0.25, 0.3) is 0 Å². The highest BCUT2D eigenvalue weighted by molar-refractivity contribution is 5.79. The van der Waals surface area contributed by atoms with Gasteiger partial charge < -0.3 is 14.5 Å². The molecule has 1 atom stereocenters. The minimum atomic E-state index is 0.131. The normalized spacial score (nSPS) is 20.1. The van der Waals surface area contributed by atoms with Crippen molar-refractivity contribution in [3.63, 3.8) is 0 Å². The molecule has 1 aromatic carbocycles. The molecule has 1 aromatic rings. The Morgan fingerprint density at radius 2 is 2.15 bits per heavy atom. The lowest BCUT2D eigenvalue weighted by Crippen LogP contribution is -2.47. The molecule has 0 aromatic heterocycles. The number of hydrogen-bond donors (Lipinski definition) is 0. The van der Waals surface area contributed by atoms with Gasteiger partial charge in [-0.25, -0.2) is 0 Å². The summed E-state index contributed by atoms with van der Waals surface area (Å²) in [5, 5.41) is 0. The molecule has 1 aliphatic heterocycles. The Morgan fingerprint density at radius 3 is 2.80 bits per heavy atom. The third-order valence-corrected chi connectivity index (χ3v) is 3.58. The predicted molar refractivity (Wildman–Crippen MR) is 83.1 cm³/mol. The van der Waals surface area contributed by atoms with E-state index in [9.17, 15) is 0 Å². The van der Waals surface area contributed by atoms with E-state index in [1.54, 1.807) is 0 Å². The average Bonchev–Trinajstić information content (AvgIpc) is 2.45. The largest absolute Gasteiger partial charge is 0.370 e. The number of hydrogen-bond acceptors (Lipinski definition) is 2. The van der Waals surface area contributed by atoms with E-state index in [-0.39, 0.29) is 6.10 Å². The van der Waals surface area contributed by atoms with Crippen LogP contribution in [0.15, 0.2) is 29.3 Å². The van der Waals surface area contributed by atoms with Gasteiger partial charge in [0.25, 0.3) is 0 Å². The van der Waals surface area contributed by atoms with Crippen molar-refractivity contribution in [1.82, 2.24) is 9.80 Å². The van der Waals surface area contributed by atoms with Gasteiger partial charge in [0.1, 0.15) is 6.10 Å². The Balaban J connectivity index is 2.16. The second-order valence-corrected chi connectivity index (χ2v) is 5.33. The molecule has 0 spiro atoms. The number of rotatable bonds is 2. The Bertz CT molecular complexity index is 471. The number of aryl methyl sites for hydroxylation is 1. The maximum atomic E-state index is 5.97. The summed E-state index contributed by atoms with van der Waals surface area (Å²) >= 11 is 0. The highest BCUT2D eigenvalue weighted by Crippen LogP contribution is 2.25. The monoisotopic (exact) mass is 275 g/mol. The van der Waals surface area contributed by atoms with Crippen LogP contribution in [0.4, 0.5) is 0 Å². The van der Waals surface area contributed by atoms with Crippen molar-refractivity contribution >= 4 is 5.96 Å². The molecule has 1 aliphatic rings. The van der Waals surface area contributed by atoms with Crippen LogP contribution in [0.5, 0.6) is 0 Å². The first-order chi connectivity index (χ1) is 9.63. The topological polar surface area (TPSA) is 28.1 Å². The van der Waals surface area contributed by atoms with E-state index in [1.165, 1.54) is 11.1 Å². The van der Waals surface area contributed by atoms with E-state index >= 15 is 0 Å². The molecule has 0 amide bonds. The third kappa shape index (κ3) is 3.31. The van der Waals surface area contributed by atoms with Crippen LogP contribution in [-0.4, -0.2) is 56.1 Å². The number of nitrogens with zero attached hydrogens (tertiary/aromatic N) is 3. The highest BCUT2D eigenvalue weighted by Gasteiger charge is 2.25. The number of guanidine groups is 1. The maximum absolute atomic E-state index is 5.97. The van der Waals surface area contributed by atoms with E-state index in [2.05, 4.69) is 52.9 Å². The van der Waals surface area contributed by atoms with Gasteiger partial charge in [-0.3, -0.25) is 4.99 Å². The van der Waals surface area contributed by atoms with Gasteiger partial charge in [0.2, 0.25) is 0 Å². The summed E-state index contributed by atoms with van der Waals surface area (Å²) in [6, 6.07) is 8.46. The summed E-state index contributed by atoms with van der Waals surface area (Å²) in [6.45, 7) is 7.53. The number of ether oxygens (including phenoxy) is 1. The standard InChI is InChI=1S/C16H25N3O/c1-5-17-16(18(3)4)19-10-11-20-15(12-19)14-9-7-6-8-13(14)2/h6-9,15H,5,10-12H2,1-4H3. The Labute approximate surface area is 122 Å². The van der Waals surface area contributed by atoms with Gasteiger partial charge in [-0.2, -0.15) is 0 Å². The van der Waals surface area contributed by atoms with Crippen LogP contribution < -0.4 is 0 Å². The van der Waals surface area contributed by atoms with Crippen molar-refractivity contribution in [1.29, 1.82) is 0 Å². The molecule has 1 fully saturated rings. The van der Waals surface area contributed by atoms with E-state index in [4.69, 9.17) is 4.74 Å². The lowest BCUT2D eigenvalue weighted by atomic mass is 10.0. The van der Waals surface area contributed by atoms with Crippen LogP contribution in [0.1, 0.15) is 24.2 Å². The summed E-state index contributed by atoms with van der Waals surface area (Å²) in [6.07, 6.45) is 0.131. The quantitative estimate of drug-likeness (QED) is 0.612. The molecule has 1 heterocycles. The molecule has 2 rings (SSSR count). The SMILES string of the molecule is CCN=C(N(C)C)N1CCOC(c2ccccc2C)C1. The highest BCUT2D eigenvalue weighted by atomic mass is 16.5. The van der Waals surface area contributed by atoms with Crippen LogP contribution >= 0.6 is 0 Å². The fraction of sp³-hybridized carbons (Fsp3) is 0.562. The van der Waals surface area contributed by atoms with Gasteiger partial charge in [-0.1, -0.05) is 24.3 Å². The molecule has 0 N–H and O–H groups in total. The van der Waals surface area contributed by atoms with E-state index < -0.39 is 0 Å². The number of morpholine rings is 1. The third-order valence-electron chi connectivity index (χ3n) is 3.58. The molecule has 0 bridgehead atoms. The first kappa shape index (κ1) is 14.9. The molecule has 1 unspecified atom stereocenters. The average molecular weight is 275 g/mol. The molecular formula is C16H25N3O. The molecule has 4 heteroatoms. The molecule has 0 radical (unpaired) electrons. The fourth-order valence-corrected chi connectivity index (χ4v) is 2.63. The van der Waals surface area contributed by atoms with Gasteiger partial charge in [-0.05, 0) is 25.0 Å². The molecule has 4 nitrogen and oxygen atoms in total. The summed E-state index contributed by atoms with van der Waals surface area (Å²) in [7, 11) is 4.10. The van der Waals surface area contributed by atoms with Crippen LogP contribution in [0.3, 0.4) is 0 Å². The van der Waals surface area contributed by atoms with E-state index in [0.29, 0.717) is 0 Å². The summed E-state index contributed by atoms with van der Waals surface area (Å²) in [4.78, 5) is 9.02. The van der Waals surface area contributed by atoms with Gasteiger partial charge in [0.15, 0.2) is 5.96 Å². The molecule has 0 saturated carbocycles. The minimum absolute atomic E-state index is 0.131. The zero-order chi connectivity index (χ0) is 14.5. The first-order valence-electron chi connectivity index (χ1n) is 7.27. The fourth-order valence-electron chi connectivity index (χ4n) is 2.63. The van der Waals surface area contributed by atoms with Crippen LogP contribution in [0.2, 0.25) is 0 Å². The Kier molecular flexibility index (Phi) is 5.01. The van der Waals surface area contributed by atoms with Crippen molar-refractivity contribution in [3.8, 4) is 0 Å². The number of aliphatic imine (C=N–C) groups is 1. The molecule has 110 valence electrons. The van der Waals surface area contributed by atoms with Crippen molar-refractivity contribution < 1.29 is 4.74 Å². The lowest BCUT2D eigenvalue weighted by molar-refractivity contribution is -0.0102. The minimum Gasteiger partial charge on any atom is -0.370 e. The molecule has 20 heavy (non-hydrogen) atoms. The summed E-state index contributed by atoms with van der Waals surface area (Å²) < 4.78 is 5.97. The van der Waals surface area contributed by atoms with Gasteiger partial charge in [0, 0.05) is 27.2 Å². The zero-order valence-corrected chi connectivity index (χ0v) is 13.0. The van der Waals surface area contributed by atoms with Crippen LogP contribution in [-0.2, 0) is 4.74 Å².